The highest BCUT2D eigenvalue weighted by atomic mass is 32.1. The lowest BCUT2D eigenvalue weighted by Crippen LogP contribution is -1.98. The van der Waals surface area contributed by atoms with Gasteiger partial charge in [0.2, 0.25) is 10.1 Å². The van der Waals surface area contributed by atoms with Crippen molar-refractivity contribution in [2.75, 3.05) is 5.43 Å². The van der Waals surface area contributed by atoms with Crippen molar-refractivity contribution in [3.8, 4) is 10.8 Å². The van der Waals surface area contributed by atoms with E-state index < -0.39 is 9.85 Å². The number of aromatic nitrogens is 4. The molecule has 0 saturated carbocycles. The number of rotatable bonds is 6. The molecule has 2 heterocycles. The molecule has 0 radical (unpaired) electrons. The van der Waals surface area contributed by atoms with E-state index >= 15 is 0 Å². The summed E-state index contributed by atoms with van der Waals surface area (Å²) in [5, 5.41) is 34.2. The van der Waals surface area contributed by atoms with E-state index in [1.807, 2.05) is 0 Å². The first-order valence-corrected chi connectivity index (χ1v) is 7.81. The van der Waals surface area contributed by atoms with Crippen molar-refractivity contribution in [2.24, 2.45) is 12.1 Å². The first kappa shape index (κ1) is 17.1. The minimum atomic E-state index is -0.548. The smallest absolute Gasteiger partial charge is 0.342 e. The molecule has 0 unspecified atom stereocenters. The second-order valence-electron chi connectivity index (χ2n) is 4.85. The molecule has 3 rings (SSSR count). The highest BCUT2D eigenvalue weighted by Crippen LogP contribution is 2.27. The lowest BCUT2D eigenvalue weighted by Gasteiger charge is -1.96. The van der Waals surface area contributed by atoms with Crippen molar-refractivity contribution in [2.45, 2.75) is 0 Å². The van der Waals surface area contributed by atoms with Crippen molar-refractivity contribution in [3.05, 3.63) is 56.3 Å². The van der Waals surface area contributed by atoms with Crippen LogP contribution in [0.5, 0.6) is 0 Å². The Morgan fingerprint density at radius 1 is 1.23 bits per heavy atom. The predicted molar refractivity (Wildman–Crippen MR) is 93.1 cm³/mol. The number of hydrogen-bond acceptors (Lipinski definition) is 10. The lowest BCUT2D eigenvalue weighted by molar-refractivity contribution is -0.391. The molecular weight excluding hydrogens is 364 g/mol. The van der Waals surface area contributed by atoms with Crippen LogP contribution < -0.4 is 5.43 Å². The van der Waals surface area contributed by atoms with Crippen LogP contribution in [-0.4, -0.2) is 35.8 Å². The number of nitrogens with one attached hydrogen (secondary N) is 1. The van der Waals surface area contributed by atoms with Crippen LogP contribution in [0.2, 0.25) is 0 Å². The Labute approximate surface area is 149 Å². The maximum Gasteiger partial charge on any atom is 0.342 e. The molecular formula is C13H10N8O4S. The second kappa shape index (κ2) is 7.02. The van der Waals surface area contributed by atoms with E-state index in [4.69, 9.17) is 0 Å². The van der Waals surface area contributed by atoms with E-state index in [0.29, 0.717) is 21.5 Å². The zero-order chi connectivity index (χ0) is 18.7. The van der Waals surface area contributed by atoms with Crippen molar-refractivity contribution in [3.63, 3.8) is 0 Å². The number of hydrazone groups is 1. The van der Waals surface area contributed by atoms with Gasteiger partial charge in [-0.1, -0.05) is 23.5 Å². The molecule has 2 aromatic heterocycles. The fraction of sp³-hybridized carbons (Fsp3) is 0.0769. The highest BCUT2D eigenvalue weighted by Gasteiger charge is 2.21. The van der Waals surface area contributed by atoms with Crippen LogP contribution in [0.25, 0.3) is 10.8 Å². The van der Waals surface area contributed by atoms with E-state index in [9.17, 15) is 20.2 Å². The number of nitrogens with zero attached hydrogens (tertiary/aromatic N) is 7. The second-order valence-corrected chi connectivity index (χ2v) is 5.83. The molecule has 0 atom stereocenters. The molecule has 0 bridgehead atoms. The van der Waals surface area contributed by atoms with Crippen LogP contribution in [0.4, 0.5) is 16.6 Å². The van der Waals surface area contributed by atoms with Gasteiger partial charge in [-0.3, -0.25) is 15.5 Å². The minimum Gasteiger partial charge on any atom is -0.358 e. The van der Waals surface area contributed by atoms with E-state index in [2.05, 4.69) is 25.7 Å². The summed E-state index contributed by atoms with van der Waals surface area (Å²) in [5.74, 6) is 0.129. The van der Waals surface area contributed by atoms with Crippen LogP contribution in [0.1, 0.15) is 5.56 Å². The number of para-hydroxylation sites is 1. The maximum absolute atomic E-state index is 10.9. The minimum absolute atomic E-state index is 0.0728. The molecule has 1 aromatic carbocycles. The topological polar surface area (TPSA) is 154 Å². The summed E-state index contributed by atoms with van der Waals surface area (Å²) in [6.45, 7) is 0. The van der Waals surface area contributed by atoms with Gasteiger partial charge in [-0.15, -0.1) is 10.2 Å². The van der Waals surface area contributed by atoms with E-state index in [-0.39, 0.29) is 11.5 Å². The van der Waals surface area contributed by atoms with Crippen LogP contribution in [0.15, 0.2) is 35.6 Å². The molecule has 0 aliphatic carbocycles. The Morgan fingerprint density at radius 2 is 2.00 bits per heavy atom. The number of imidazole rings is 1. The zero-order valence-corrected chi connectivity index (χ0v) is 14.0. The number of nitro benzene ring substituents is 1. The molecule has 0 aliphatic heterocycles. The molecule has 0 spiro atoms. The first-order chi connectivity index (χ1) is 12.5. The molecule has 13 heteroatoms. The van der Waals surface area contributed by atoms with Crippen molar-refractivity contribution >= 4 is 34.2 Å². The number of nitro groups is 2. The monoisotopic (exact) mass is 374 g/mol. The third-order valence-electron chi connectivity index (χ3n) is 3.26. The Hall–Kier alpha value is -3.74. The largest absolute Gasteiger partial charge is 0.358 e. The van der Waals surface area contributed by atoms with E-state index in [1.165, 1.54) is 23.9 Å². The predicted octanol–water partition coefficient (Wildman–Crippen LogP) is 2.20. The number of anilines is 1. The maximum atomic E-state index is 10.9. The summed E-state index contributed by atoms with van der Waals surface area (Å²) in [4.78, 5) is 24.7. The fourth-order valence-electron chi connectivity index (χ4n) is 2.05. The summed E-state index contributed by atoms with van der Waals surface area (Å²) in [6.07, 6.45) is 2.43. The van der Waals surface area contributed by atoms with Gasteiger partial charge in [0.25, 0.3) is 11.5 Å². The van der Waals surface area contributed by atoms with Gasteiger partial charge in [-0.05, 0) is 11.0 Å². The van der Waals surface area contributed by atoms with Gasteiger partial charge in [-0.2, -0.15) is 5.10 Å². The van der Waals surface area contributed by atoms with Crippen molar-refractivity contribution < 1.29 is 9.85 Å². The van der Waals surface area contributed by atoms with E-state index in [0.717, 1.165) is 17.5 Å². The summed E-state index contributed by atoms with van der Waals surface area (Å²) < 4.78 is 1.29. The van der Waals surface area contributed by atoms with Gasteiger partial charge in [0.1, 0.15) is 6.20 Å². The van der Waals surface area contributed by atoms with Crippen molar-refractivity contribution in [1.82, 2.24) is 19.7 Å². The number of benzene rings is 1. The van der Waals surface area contributed by atoms with Crippen LogP contribution >= 0.6 is 11.3 Å². The molecule has 0 aliphatic rings. The van der Waals surface area contributed by atoms with Gasteiger partial charge >= 0.3 is 5.82 Å². The Balaban J connectivity index is 1.76. The molecule has 1 N–H and O–H groups in total. The van der Waals surface area contributed by atoms with Crippen LogP contribution in [0.3, 0.4) is 0 Å². The van der Waals surface area contributed by atoms with E-state index in [1.54, 1.807) is 18.2 Å². The third-order valence-corrected chi connectivity index (χ3v) is 4.09. The van der Waals surface area contributed by atoms with Gasteiger partial charge < -0.3 is 10.1 Å². The normalized spacial score (nSPS) is 11.0. The van der Waals surface area contributed by atoms with Crippen molar-refractivity contribution in [1.29, 1.82) is 0 Å². The van der Waals surface area contributed by atoms with Gasteiger partial charge in [0, 0.05) is 6.07 Å². The summed E-state index contributed by atoms with van der Waals surface area (Å²) in [7, 11) is 1.50. The molecule has 0 amide bonds. The first-order valence-electron chi connectivity index (χ1n) is 7.00. The zero-order valence-electron chi connectivity index (χ0n) is 13.1. The molecule has 26 heavy (non-hydrogen) atoms. The van der Waals surface area contributed by atoms with Gasteiger partial charge in [0.05, 0.1) is 23.7 Å². The lowest BCUT2D eigenvalue weighted by atomic mass is 10.2. The molecule has 0 saturated heterocycles. The Morgan fingerprint density at radius 3 is 2.69 bits per heavy atom. The van der Waals surface area contributed by atoms with Gasteiger partial charge in [0.15, 0.2) is 0 Å². The Bertz CT molecular complexity index is 1010. The van der Waals surface area contributed by atoms with Crippen LogP contribution in [0, 0.1) is 20.2 Å². The summed E-state index contributed by atoms with van der Waals surface area (Å²) in [6, 6.07) is 6.15. The average Bonchev–Trinajstić information content (AvgIpc) is 3.21. The summed E-state index contributed by atoms with van der Waals surface area (Å²) >= 11 is 1.08. The molecule has 12 nitrogen and oxygen atoms in total. The third kappa shape index (κ3) is 3.36. The molecule has 3 aromatic rings. The molecule has 132 valence electrons. The quantitative estimate of drug-likeness (QED) is 0.391. The number of hydrogen-bond donors (Lipinski definition) is 1. The standard InChI is InChI=1S/C13H10N8O4S/c1-19-10(21(24)25)7-14-11(19)12-16-18-13(26-12)17-15-6-8-4-2-3-5-9(8)20(22)23/h2-7H,1H3,(H,17,18)/b15-6+. The summed E-state index contributed by atoms with van der Waals surface area (Å²) in [5.41, 5.74) is 2.87. The molecule has 0 fully saturated rings. The highest BCUT2D eigenvalue weighted by molar-refractivity contribution is 7.18. The fourth-order valence-corrected chi connectivity index (χ4v) is 2.77. The SMILES string of the molecule is Cn1c([N+](=O)[O-])cnc1-c1nnc(N/N=C/c2ccccc2[N+](=O)[O-])s1. The van der Waals surface area contributed by atoms with Crippen LogP contribution in [-0.2, 0) is 7.05 Å². The average molecular weight is 374 g/mol. The van der Waals surface area contributed by atoms with Gasteiger partial charge in [-0.25, -0.2) is 9.55 Å². The Kier molecular flexibility index (Phi) is 4.62.